The summed E-state index contributed by atoms with van der Waals surface area (Å²) >= 11 is 0. The van der Waals surface area contributed by atoms with Crippen molar-refractivity contribution in [1.82, 2.24) is 25.3 Å². The summed E-state index contributed by atoms with van der Waals surface area (Å²) in [6.07, 6.45) is 0.211. The normalized spacial score (nSPS) is 14.9. The van der Waals surface area contributed by atoms with Crippen LogP contribution in [0.3, 0.4) is 0 Å². The minimum absolute atomic E-state index is 0.0470. The number of H-pyrrole nitrogens is 1. The molecule has 1 fully saturated rings. The summed E-state index contributed by atoms with van der Waals surface area (Å²) in [5, 5.41) is 2.80. The minimum atomic E-state index is -4.43. The number of benzene rings is 1. The van der Waals surface area contributed by atoms with E-state index in [0.717, 1.165) is 31.0 Å². The van der Waals surface area contributed by atoms with E-state index in [0.29, 0.717) is 5.56 Å². The first-order chi connectivity index (χ1) is 14.3. The highest BCUT2D eigenvalue weighted by Crippen LogP contribution is 2.41. The third-order valence-corrected chi connectivity index (χ3v) is 4.73. The first kappa shape index (κ1) is 19.7. The molecule has 2 heterocycles. The number of aromatic nitrogens is 4. The Morgan fingerprint density at radius 2 is 1.80 bits per heavy atom. The van der Waals surface area contributed by atoms with Crippen molar-refractivity contribution in [3.63, 3.8) is 0 Å². The Labute approximate surface area is 168 Å². The monoisotopic (exact) mass is 415 g/mol. The molecule has 0 unspecified atom stereocenters. The van der Waals surface area contributed by atoms with Gasteiger partial charge in [0.15, 0.2) is 11.6 Å². The van der Waals surface area contributed by atoms with Gasteiger partial charge in [-0.15, -0.1) is 0 Å². The maximum Gasteiger partial charge on any atom is 0.416 e. The molecule has 2 aromatic heterocycles. The molecule has 3 aromatic rings. The van der Waals surface area contributed by atoms with Gasteiger partial charge in [-0.05, 0) is 42.5 Å². The van der Waals surface area contributed by atoms with E-state index >= 15 is 0 Å². The van der Waals surface area contributed by atoms with Crippen molar-refractivity contribution >= 4 is 5.91 Å². The number of alkyl halides is 3. The second-order valence-electron chi connectivity index (χ2n) is 6.96. The van der Waals surface area contributed by atoms with E-state index in [2.05, 4.69) is 25.3 Å². The second kappa shape index (κ2) is 7.69. The molecule has 1 atom stereocenters. The molecule has 1 aliphatic rings. The number of carbonyl (C=O) groups excluding carboxylic acids is 1. The van der Waals surface area contributed by atoms with E-state index < -0.39 is 29.2 Å². The number of aromatic amines is 1. The molecule has 1 amide bonds. The van der Waals surface area contributed by atoms with Gasteiger partial charge in [0.1, 0.15) is 5.69 Å². The summed E-state index contributed by atoms with van der Waals surface area (Å²) in [7, 11) is 0. The van der Waals surface area contributed by atoms with Gasteiger partial charge < -0.3 is 10.3 Å². The highest BCUT2D eigenvalue weighted by atomic mass is 19.4. The summed E-state index contributed by atoms with van der Waals surface area (Å²) in [6.45, 7) is 0. The second-order valence-corrected chi connectivity index (χ2v) is 6.96. The van der Waals surface area contributed by atoms with E-state index in [4.69, 9.17) is 0 Å². The standard InChI is InChI=1S/C20H16F3N5O2/c21-20(22,23)13-6-4-12(5-7-13)16(11-2-3-11)28-19(30)14-10-15(29)27-18(26-14)17-24-8-1-9-25-17/h1,4-11,16H,2-3H2,(H,28,30)(H,26,27,29)/t16-/m1/s1. The lowest BCUT2D eigenvalue weighted by Gasteiger charge is -2.19. The summed E-state index contributed by atoms with van der Waals surface area (Å²) in [4.78, 5) is 39.4. The quantitative estimate of drug-likeness (QED) is 0.667. The third kappa shape index (κ3) is 4.37. The third-order valence-electron chi connectivity index (χ3n) is 4.73. The van der Waals surface area contributed by atoms with E-state index in [-0.39, 0.29) is 23.3 Å². The summed E-state index contributed by atoms with van der Waals surface area (Å²) in [6, 6.07) is 6.89. The minimum Gasteiger partial charge on any atom is -0.344 e. The zero-order valence-corrected chi connectivity index (χ0v) is 15.5. The molecule has 0 aliphatic heterocycles. The maximum absolute atomic E-state index is 12.8. The number of hydrogen-bond acceptors (Lipinski definition) is 5. The number of nitrogens with one attached hydrogen (secondary N) is 2. The number of carbonyl (C=O) groups is 1. The Morgan fingerprint density at radius 1 is 1.13 bits per heavy atom. The van der Waals surface area contributed by atoms with Crippen molar-refractivity contribution in [2.45, 2.75) is 25.1 Å². The van der Waals surface area contributed by atoms with Crippen molar-refractivity contribution in [1.29, 1.82) is 0 Å². The zero-order valence-electron chi connectivity index (χ0n) is 15.5. The fraction of sp³-hybridized carbons (Fsp3) is 0.250. The first-order valence-electron chi connectivity index (χ1n) is 9.18. The van der Waals surface area contributed by atoms with Crippen LogP contribution in [-0.4, -0.2) is 25.8 Å². The van der Waals surface area contributed by atoms with Crippen molar-refractivity contribution in [3.8, 4) is 11.6 Å². The van der Waals surface area contributed by atoms with Crippen LogP contribution < -0.4 is 10.9 Å². The maximum atomic E-state index is 12.8. The molecule has 10 heteroatoms. The van der Waals surface area contributed by atoms with Gasteiger partial charge in [0.05, 0.1) is 11.6 Å². The first-order valence-corrected chi connectivity index (χ1v) is 9.18. The van der Waals surface area contributed by atoms with Gasteiger partial charge in [0.25, 0.3) is 11.5 Å². The van der Waals surface area contributed by atoms with Gasteiger partial charge in [-0.1, -0.05) is 12.1 Å². The molecule has 1 aromatic carbocycles. The fourth-order valence-corrected chi connectivity index (χ4v) is 3.10. The molecular formula is C20H16F3N5O2. The highest BCUT2D eigenvalue weighted by molar-refractivity contribution is 5.92. The zero-order chi connectivity index (χ0) is 21.3. The van der Waals surface area contributed by atoms with Gasteiger partial charge in [0.2, 0.25) is 0 Å². The van der Waals surface area contributed by atoms with E-state index in [1.165, 1.54) is 24.5 Å². The molecule has 1 saturated carbocycles. The van der Waals surface area contributed by atoms with Crippen molar-refractivity contribution in [2.75, 3.05) is 0 Å². The molecule has 0 spiro atoms. The van der Waals surface area contributed by atoms with Crippen LogP contribution >= 0.6 is 0 Å². The molecule has 0 radical (unpaired) electrons. The molecule has 0 bridgehead atoms. The Morgan fingerprint density at radius 3 is 2.40 bits per heavy atom. The van der Waals surface area contributed by atoms with Crippen LogP contribution in [0, 0.1) is 5.92 Å². The van der Waals surface area contributed by atoms with Crippen LogP contribution in [0.2, 0.25) is 0 Å². The number of hydrogen-bond donors (Lipinski definition) is 2. The highest BCUT2D eigenvalue weighted by Gasteiger charge is 2.35. The van der Waals surface area contributed by atoms with Crippen LogP contribution in [0.25, 0.3) is 11.6 Å². The summed E-state index contributed by atoms with van der Waals surface area (Å²) in [5.41, 5.74) is -0.861. The predicted molar refractivity (Wildman–Crippen MR) is 100 cm³/mol. The summed E-state index contributed by atoms with van der Waals surface area (Å²) < 4.78 is 38.5. The van der Waals surface area contributed by atoms with E-state index in [1.807, 2.05) is 0 Å². The SMILES string of the molecule is O=C(N[C@@H](c1ccc(C(F)(F)F)cc1)C1CC1)c1cc(=O)[nH]c(-c2ncccn2)n1. The van der Waals surface area contributed by atoms with Gasteiger partial charge in [-0.25, -0.2) is 15.0 Å². The van der Waals surface area contributed by atoms with Gasteiger partial charge in [-0.3, -0.25) is 9.59 Å². The lowest BCUT2D eigenvalue weighted by atomic mass is 10.0. The van der Waals surface area contributed by atoms with Crippen molar-refractivity contribution < 1.29 is 18.0 Å². The average molecular weight is 415 g/mol. The Kier molecular flexibility index (Phi) is 5.06. The molecule has 4 rings (SSSR count). The molecule has 1 aliphatic carbocycles. The van der Waals surface area contributed by atoms with Crippen LogP contribution in [0.1, 0.15) is 40.5 Å². The lowest BCUT2D eigenvalue weighted by molar-refractivity contribution is -0.137. The molecular weight excluding hydrogens is 399 g/mol. The Balaban J connectivity index is 1.59. The smallest absolute Gasteiger partial charge is 0.344 e. The lowest BCUT2D eigenvalue weighted by Crippen LogP contribution is -2.31. The predicted octanol–water partition coefficient (Wildman–Crippen LogP) is 3.13. The molecule has 30 heavy (non-hydrogen) atoms. The fourth-order valence-electron chi connectivity index (χ4n) is 3.10. The van der Waals surface area contributed by atoms with Gasteiger partial charge in [0, 0.05) is 18.5 Å². The largest absolute Gasteiger partial charge is 0.416 e. The van der Waals surface area contributed by atoms with Crippen LogP contribution in [0.15, 0.2) is 53.6 Å². The van der Waals surface area contributed by atoms with E-state index in [1.54, 1.807) is 6.07 Å². The average Bonchev–Trinajstić information content (AvgIpc) is 3.57. The topological polar surface area (TPSA) is 101 Å². The molecule has 154 valence electrons. The number of halogens is 3. The van der Waals surface area contributed by atoms with Crippen molar-refractivity contribution in [3.05, 3.63) is 76.0 Å². The molecule has 2 N–H and O–H groups in total. The van der Waals surface area contributed by atoms with Gasteiger partial charge >= 0.3 is 6.18 Å². The number of rotatable bonds is 5. The van der Waals surface area contributed by atoms with Crippen molar-refractivity contribution in [2.24, 2.45) is 5.92 Å². The molecule has 0 saturated heterocycles. The number of amides is 1. The summed E-state index contributed by atoms with van der Waals surface area (Å²) in [5.74, 6) is -0.281. The van der Waals surface area contributed by atoms with Crippen LogP contribution in [0.5, 0.6) is 0 Å². The molecule has 7 nitrogen and oxygen atoms in total. The van der Waals surface area contributed by atoms with Crippen LogP contribution in [-0.2, 0) is 6.18 Å². The van der Waals surface area contributed by atoms with Crippen LogP contribution in [0.4, 0.5) is 13.2 Å². The van der Waals surface area contributed by atoms with Gasteiger partial charge in [-0.2, -0.15) is 13.2 Å². The Hall–Kier alpha value is -3.56. The Bertz CT molecular complexity index is 1110. The number of nitrogens with zero attached hydrogens (tertiary/aromatic N) is 3. The van der Waals surface area contributed by atoms with E-state index in [9.17, 15) is 22.8 Å².